The van der Waals surface area contributed by atoms with Gasteiger partial charge >= 0.3 is 12.0 Å². The number of likely N-dealkylation sites (tertiary alicyclic amines) is 1. The summed E-state index contributed by atoms with van der Waals surface area (Å²) in [5.41, 5.74) is 0. The maximum Gasteiger partial charge on any atom is 0.326 e. The number of thioether (sulfide) groups is 1. The van der Waals surface area contributed by atoms with Crippen LogP contribution >= 0.6 is 11.8 Å². The Morgan fingerprint density at radius 3 is 2.78 bits per heavy atom. The Bertz CT molecular complexity index is 331. The van der Waals surface area contributed by atoms with Gasteiger partial charge in [-0.1, -0.05) is 6.92 Å². The summed E-state index contributed by atoms with van der Waals surface area (Å²) < 4.78 is 0. The van der Waals surface area contributed by atoms with Crippen molar-refractivity contribution in [1.82, 2.24) is 10.2 Å². The molecule has 0 aromatic carbocycles. The van der Waals surface area contributed by atoms with Crippen molar-refractivity contribution in [2.75, 3.05) is 18.1 Å². The standard InChI is InChI=1S/C12H20N2O3S/c1-8-2-4-14(10(6-8)11(15)16)12(17)13-9-3-5-18-7-9/h8-10H,2-7H2,1H3,(H,13,17)(H,15,16). The molecule has 0 aliphatic carbocycles. The lowest BCUT2D eigenvalue weighted by molar-refractivity contribution is -0.143. The number of nitrogens with one attached hydrogen (secondary N) is 1. The third kappa shape index (κ3) is 3.10. The molecule has 2 N–H and O–H groups in total. The van der Waals surface area contributed by atoms with Gasteiger partial charge in [0.05, 0.1) is 0 Å². The molecule has 0 aromatic heterocycles. The number of carbonyl (C=O) groups is 2. The predicted molar refractivity (Wildman–Crippen MR) is 70.8 cm³/mol. The second-order valence-electron chi connectivity index (χ2n) is 5.19. The lowest BCUT2D eigenvalue weighted by Crippen LogP contribution is -2.55. The summed E-state index contributed by atoms with van der Waals surface area (Å²) >= 11 is 1.83. The molecule has 102 valence electrons. The van der Waals surface area contributed by atoms with Crippen molar-refractivity contribution >= 4 is 23.8 Å². The lowest BCUT2D eigenvalue weighted by Gasteiger charge is -2.36. The maximum atomic E-state index is 12.1. The molecule has 0 spiro atoms. The van der Waals surface area contributed by atoms with Crippen LogP contribution in [0.1, 0.15) is 26.2 Å². The van der Waals surface area contributed by atoms with Gasteiger partial charge in [-0.3, -0.25) is 0 Å². The molecule has 18 heavy (non-hydrogen) atoms. The van der Waals surface area contributed by atoms with Crippen molar-refractivity contribution in [3.63, 3.8) is 0 Å². The largest absolute Gasteiger partial charge is 0.480 e. The molecule has 6 heteroatoms. The normalized spacial score (nSPS) is 32.3. The Morgan fingerprint density at radius 2 is 2.17 bits per heavy atom. The Morgan fingerprint density at radius 1 is 1.39 bits per heavy atom. The second-order valence-corrected chi connectivity index (χ2v) is 6.34. The first-order valence-corrected chi connectivity index (χ1v) is 7.61. The van der Waals surface area contributed by atoms with Crippen molar-refractivity contribution in [2.24, 2.45) is 5.92 Å². The smallest absolute Gasteiger partial charge is 0.326 e. The molecule has 5 nitrogen and oxygen atoms in total. The number of amides is 2. The van der Waals surface area contributed by atoms with Crippen molar-refractivity contribution in [3.8, 4) is 0 Å². The third-order valence-electron chi connectivity index (χ3n) is 3.67. The monoisotopic (exact) mass is 272 g/mol. The highest BCUT2D eigenvalue weighted by molar-refractivity contribution is 7.99. The highest BCUT2D eigenvalue weighted by Crippen LogP contribution is 2.23. The zero-order valence-electron chi connectivity index (χ0n) is 10.6. The van der Waals surface area contributed by atoms with Gasteiger partial charge < -0.3 is 15.3 Å². The summed E-state index contributed by atoms with van der Waals surface area (Å²) in [4.78, 5) is 24.8. The molecule has 2 aliphatic heterocycles. The molecule has 3 atom stereocenters. The highest BCUT2D eigenvalue weighted by Gasteiger charge is 2.35. The number of piperidine rings is 1. The molecular weight excluding hydrogens is 252 g/mol. The van der Waals surface area contributed by atoms with E-state index in [4.69, 9.17) is 0 Å². The number of hydrogen-bond acceptors (Lipinski definition) is 3. The maximum absolute atomic E-state index is 12.1. The van der Waals surface area contributed by atoms with Crippen LogP contribution in [0.25, 0.3) is 0 Å². The van der Waals surface area contributed by atoms with E-state index in [1.165, 1.54) is 4.90 Å². The van der Waals surface area contributed by atoms with Gasteiger partial charge in [0.1, 0.15) is 6.04 Å². The number of carboxylic acids is 1. The van der Waals surface area contributed by atoms with Crippen LogP contribution in [0.4, 0.5) is 4.79 Å². The van der Waals surface area contributed by atoms with Crippen molar-refractivity contribution < 1.29 is 14.7 Å². The molecule has 2 fully saturated rings. The number of hydrogen-bond donors (Lipinski definition) is 2. The molecule has 2 amide bonds. The van der Waals surface area contributed by atoms with Gasteiger partial charge in [-0.15, -0.1) is 0 Å². The molecule has 2 aliphatic rings. The van der Waals surface area contributed by atoms with Gasteiger partial charge in [-0.05, 0) is 30.9 Å². The average Bonchev–Trinajstić information content (AvgIpc) is 2.81. The zero-order chi connectivity index (χ0) is 13.1. The molecule has 2 saturated heterocycles. The SMILES string of the molecule is CC1CCN(C(=O)NC2CCSC2)C(C(=O)O)C1. The molecule has 0 aromatic rings. The number of carbonyl (C=O) groups excluding carboxylic acids is 1. The van der Waals surface area contributed by atoms with Gasteiger partial charge in [-0.2, -0.15) is 11.8 Å². The first-order valence-electron chi connectivity index (χ1n) is 6.45. The molecule has 3 unspecified atom stereocenters. The summed E-state index contributed by atoms with van der Waals surface area (Å²) in [5, 5.41) is 12.2. The van der Waals surface area contributed by atoms with Gasteiger partial charge in [0.15, 0.2) is 0 Å². The predicted octanol–water partition coefficient (Wildman–Crippen LogP) is 1.39. The Labute approximate surface area is 111 Å². The van der Waals surface area contributed by atoms with Crippen LogP contribution in [0.15, 0.2) is 0 Å². The molecule has 0 saturated carbocycles. The summed E-state index contributed by atoms with van der Waals surface area (Å²) in [6, 6.07) is -0.666. The average molecular weight is 272 g/mol. The summed E-state index contributed by atoms with van der Waals surface area (Å²) in [6.07, 6.45) is 2.43. The molecule has 0 bridgehead atoms. The van der Waals surface area contributed by atoms with Crippen LogP contribution in [0.5, 0.6) is 0 Å². The van der Waals surface area contributed by atoms with E-state index in [1.54, 1.807) is 0 Å². The van der Waals surface area contributed by atoms with Gasteiger partial charge in [-0.25, -0.2) is 9.59 Å². The van der Waals surface area contributed by atoms with Gasteiger partial charge in [0.2, 0.25) is 0 Å². The van der Waals surface area contributed by atoms with Gasteiger partial charge in [0.25, 0.3) is 0 Å². The fourth-order valence-corrected chi connectivity index (χ4v) is 3.68. The quantitative estimate of drug-likeness (QED) is 0.797. The summed E-state index contributed by atoms with van der Waals surface area (Å²) in [6.45, 7) is 2.59. The van der Waals surface area contributed by atoms with E-state index >= 15 is 0 Å². The molecule has 2 rings (SSSR count). The summed E-state index contributed by atoms with van der Waals surface area (Å²) in [5.74, 6) is 1.49. The minimum atomic E-state index is -0.891. The Hall–Kier alpha value is -0.910. The molecule has 0 radical (unpaired) electrons. The fourth-order valence-electron chi connectivity index (χ4n) is 2.52. The first-order chi connectivity index (χ1) is 8.58. The number of carboxylic acid groups (broad SMARTS) is 1. The van der Waals surface area contributed by atoms with E-state index < -0.39 is 12.0 Å². The Kier molecular flexibility index (Phi) is 4.37. The van der Waals surface area contributed by atoms with Gasteiger partial charge in [0, 0.05) is 18.3 Å². The van der Waals surface area contributed by atoms with E-state index in [0.717, 1.165) is 24.3 Å². The van der Waals surface area contributed by atoms with E-state index in [9.17, 15) is 14.7 Å². The molecular formula is C12H20N2O3S. The second kappa shape index (κ2) is 5.82. The lowest BCUT2D eigenvalue weighted by atomic mass is 9.93. The summed E-state index contributed by atoms with van der Waals surface area (Å²) in [7, 11) is 0. The topological polar surface area (TPSA) is 69.6 Å². The van der Waals surface area contributed by atoms with Crippen LogP contribution in [-0.4, -0.2) is 52.1 Å². The van der Waals surface area contributed by atoms with E-state index in [1.807, 2.05) is 18.7 Å². The first kappa shape index (κ1) is 13.5. The van der Waals surface area contributed by atoms with Crippen LogP contribution in [0.3, 0.4) is 0 Å². The number of nitrogens with zero attached hydrogens (tertiary/aromatic N) is 1. The van der Waals surface area contributed by atoms with Crippen molar-refractivity contribution in [2.45, 2.75) is 38.3 Å². The number of rotatable bonds is 2. The third-order valence-corrected chi connectivity index (χ3v) is 4.83. The van der Waals surface area contributed by atoms with Crippen LogP contribution in [-0.2, 0) is 4.79 Å². The van der Waals surface area contributed by atoms with Crippen LogP contribution < -0.4 is 5.32 Å². The highest BCUT2D eigenvalue weighted by atomic mass is 32.2. The van der Waals surface area contributed by atoms with E-state index in [0.29, 0.717) is 18.9 Å². The zero-order valence-corrected chi connectivity index (χ0v) is 11.4. The van der Waals surface area contributed by atoms with Crippen molar-refractivity contribution in [1.29, 1.82) is 0 Å². The minimum Gasteiger partial charge on any atom is -0.480 e. The number of aliphatic carboxylic acids is 1. The van der Waals surface area contributed by atoms with E-state index in [2.05, 4.69) is 5.32 Å². The van der Waals surface area contributed by atoms with Crippen molar-refractivity contribution in [3.05, 3.63) is 0 Å². The fraction of sp³-hybridized carbons (Fsp3) is 0.833. The van der Waals surface area contributed by atoms with E-state index in [-0.39, 0.29) is 12.1 Å². The Balaban J connectivity index is 1.95. The minimum absolute atomic E-state index is 0.205. The van der Waals surface area contributed by atoms with Crippen LogP contribution in [0, 0.1) is 5.92 Å². The van der Waals surface area contributed by atoms with Crippen LogP contribution in [0.2, 0.25) is 0 Å². The molecule has 2 heterocycles. The number of urea groups is 1.